The molecule has 1 rings (SSSR count). The Morgan fingerprint density at radius 2 is 1.83 bits per heavy atom. The molecule has 0 fully saturated rings. The molecular formula is C15H23F2N. The van der Waals surface area contributed by atoms with Crippen LogP contribution in [0.1, 0.15) is 52.4 Å². The molecule has 1 atom stereocenters. The molecule has 0 aliphatic rings. The summed E-state index contributed by atoms with van der Waals surface area (Å²) in [6, 6.07) is 4.40. The fraction of sp³-hybridized carbons (Fsp3) is 0.600. The highest BCUT2D eigenvalue weighted by molar-refractivity contribution is 5.45. The van der Waals surface area contributed by atoms with Crippen LogP contribution in [0.5, 0.6) is 0 Å². The monoisotopic (exact) mass is 255 g/mol. The van der Waals surface area contributed by atoms with Gasteiger partial charge in [0.15, 0.2) is 11.6 Å². The van der Waals surface area contributed by atoms with E-state index in [4.69, 9.17) is 0 Å². The summed E-state index contributed by atoms with van der Waals surface area (Å²) in [5.41, 5.74) is 0.260. The van der Waals surface area contributed by atoms with Crippen molar-refractivity contribution in [2.45, 2.75) is 58.4 Å². The highest BCUT2D eigenvalue weighted by Gasteiger charge is 2.09. The van der Waals surface area contributed by atoms with E-state index < -0.39 is 11.6 Å². The van der Waals surface area contributed by atoms with Gasteiger partial charge in [0, 0.05) is 6.04 Å². The van der Waals surface area contributed by atoms with Crippen molar-refractivity contribution in [1.29, 1.82) is 0 Å². The summed E-state index contributed by atoms with van der Waals surface area (Å²) < 4.78 is 26.4. The van der Waals surface area contributed by atoms with Crippen LogP contribution in [0.4, 0.5) is 14.5 Å². The third kappa shape index (κ3) is 5.03. The summed E-state index contributed by atoms with van der Waals surface area (Å²) in [4.78, 5) is 0. The van der Waals surface area contributed by atoms with Gasteiger partial charge in [0.1, 0.15) is 0 Å². The van der Waals surface area contributed by atoms with Crippen molar-refractivity contribution in [1.82, 2.24) is 0 Å². The van der Waals surface area contributed by atoms with E-state index in [9.17, 15) is 8.78 Å². The lowest BCUT2D eigenvalue weighted by Crippen LogP contribution is -2.16. The van der Waals surface area contributed by atoms with Crippen LogP contribution in [0, 0.1) is 11.6 Å². The van der Waals surface area contributed by atoms with Crippen LogP contribution in [0.3, 0.4) is 0 Å². The topological polar surface area (TPSA) is 12.0 Å². The van der Waals surface area contributed by atoms with E-state index >= 15 is 0 Å². The molecule has 0 amide bonds. The van der Waals surface area contributed by atoms with E-state index in [-0.39, 0.29) is 11.7 Å². The minimum absolute atomic E-state index is 0.169. The first-order chi connectivity index (χ1) is 8.65. The molecule has 18 heavy (non-hydrogen) atoms. The second kappa shape index (κ2) is 8.06. The Balaban J connectivity index is 2.31. The van der Waals surface area contributed by atoms with E-state index in [1.165, 1.54) is 31.7 Å². The molecule has 1 nitrogen and oxygen atoms in total. The van der Waals surface area contributed by atoms with Crippen molar-refractivity contribution in [3.05, 3.63) is 29.8 Å². The molecule has 1 aromatic carbocycles. The van der Waals surface area contributed by atoms with Gasteiger partial charge in [-0.2, -0.15) is 0 Å². The zero-order valence-corrected chi connectivity index (χ0v) is 11.3. The van der Waals surface area contributed by atoms with Crippen molar-refractivity contribution in [3.63, 3.8) is 0 Å². The summed E-state index contributed by atoms with van der Waals surface area (Å²) in [6.07, 6.45) is 7.11. The van der Waals surface area contributed by atoms with Gasteiger partial charge in [0.25, 0.3) is 0 Å². The fourth-order valence-electron chi connectivity index (χ4n) is 2.01. The van der Waals surface area contributed by atoms with Crippen LogP contribution in [-0.4, -0.2) is 6.04 Å². The van der Waals surface area contributed by atoms with E-state index in [1.807, 2.05) is 6.92 Å². The van der Waals surface area contributed by atoms with Crippen molar-refractivity contribution in [2.75, 3.05) is 5.32 Å². The Morgan fingerprint density at radius 1 is 1.11 bits per heavy atom. The molecule has 1 N–H and O–H groups in total. The van der Waals surface area contributed by atoms with Gasteiger partial charge in [0.05, 0.1) is 5.69 Å². The van der Waals surface area contributed by atoms with Crippen LogP contribution < -0.4 is 5.32 Å². The summed E-state index contributed by atoms with van der Waals surface area (Å²) in [6.45, 7) is 4.20. The second-order valence-electron chi connectivity index (χ2n) is 4.85. The van der Waals surface area contributed by atoms with E-state index in [0.29, 0.717) is 0 Å². The Bertz CT molecular complexity index is 352. The molecule has 0 aromatic heterocycles. The van der Waals surface area contributed by atoms with Crippen LogP contribution in [0.2, 0.25) is 0 Å². The highest BCUT2D eigenvalue weighted by atomic mass is 19.2. The first kappa shape index (κ1) is 14.9. The third-order valence-corrected chi connectivity index (χ3v) is 3.09. The molecule has 0 radical (unpaired) electrons. The molecule has 0 saturated carbocycles. The summed E-state index contributed by atoms with van der Waals surface area (Å²) in [7, 11) is 0. The van der Waals surface area contributed by atoms with E-state index in [0.717, 1.165) is 18.9 Å². The average Bonchev–Trinajstić information content (AvgIpc) is 2.35. The Kier molecular flexibility index (Phi) is 6.69. The van der Waals surface area contributed by atoms with E-state index in [1.54, 1.807) is 6.07 Å². The second-order valence-corrected chi connectivity index (χ2v) is 4.85. The number of rotatable bonds is 8. The maximum absolute atomic E-state index is 13.4. The lowest BCUT2D eigenvalue weighted by molar-refractivity contribution is 0.508. The third-order valence-electron chi connectivity index (χ3n) is 3.09. The smallest absolute Gasteiger partial charge is 0.181 e. The minimum Gasteiger partial charge on any atom is -0.380 e. The van der Waals surface area contributed by atoms with Crippen molar-refractivity contribution < 1.29 is 8.78 Å². The van der Waals surface area contributed by atoms with Gasteiger partial charge in [-0.3, -0.25) is 0 Å². The van der Waals surface area contributed by atoms with Crippen LogP contribution in [0.15, 0.2) is 18.2 Å². The van der Waals surface area contributed by atoms with Crippen LogP contribution >= 0.6 is 0 Å². The summed E-state index contributed by atoms with van der Waals surface area (Å²) in [5.74, 6) is -1.58. The molecule has 3 heteroatoms. The summed E-state index contributed by atoms with van der Waals surface area (Å²) in [5, 5.41) is 3.03. The predicted octanol–water partition coefficient (Wildman–Crippen LogP) is 5.13. The van der Waals surface area contributed by atoms with Gasteiger partial charge in [-0.15, -0.1) is 0 Å². The highest BCUT2D eigenvalue weighted by Crippen LogP contribution is 2.19. The number of benzene rings is 1. The standard InChI is InChI=1S/C15H23F2N/c1-3-4-5-6-7-9-12(2)18-14-11-8-10-13(16)15(14)17/h8,10-12,18H,3-7,9H2,1-2H3. The molecule has 0 aliphatic carbocycles. The minimum atomic E-state index is -0.796. The number of anilines is 1. The predicted molar refractivity (Wildman–Crippen MR) is 72.8 cm³/mol. The molecule has 0 saturated heterocycles. The maximum Gasteiger partial charge on any atom is 0.181 e. The number of unbranched alkanes of at least 4 members (excludes halogenated alkanes) is 4. The Labute approximate surface area is 109 Å². The number of nitrogens with one attached hydrogen (secondary N) is 1. The van der Waals surface area contributed by atoms with Gasteiger partial charge in [0.2, 0.25) is 0 Å². The Hall–Kier alpha value is -1.12. The molecule has 102 valence electrons. The lowest BCUT2D eigenvalue weighted by Gasteiger charge is -2.15. The van der Waals surface area contributed by atoms with Gasteiger partial charge in [-0.1, -0.05) is 45.1 Å². The first-order valence-corrected chi connectivity index (χ1v) is 6.85. The van der Waals surface area contributed by atoms with Gasteiger partial charge < -0.3 is 5.32 Å². The molecular weight excluding hydrogens is 232 g/mol. The number of hydrogen-bond acceptors (Lipinski definition) is 1. The average molecular weight is 255 g/mol. The largest absolute Gasteiger partial charge is 0.380 e. The van der Waals surface area contributed by atoms with Crippen LogP contribution in [0.25, 0.3) is 0 Å². The molecule has 0 spiro atoms. The van der Waals surface area contributed by atoms with Crippen molar-refractivity contribution in [2.24, 2.45) is 0 Å². The van der Waals surface area contributed by atoms with Gasteiger partial charge in [-0.25, -0.2) is 8.78 Å². The molecule has 1 aromatic rings. The van der Waals surface area contributed by atoms with Crippen LogP contribution in [-0.2, 0) is 0 Å². The maximum atomic E-state index is 13.4. The fourth-order valence-corrected chi connectivity index (χ4v) is 2.01. The van der Waals surface area contributed by atoms with Crippen molar-refractivity contribution in [3.8, 4) is 0 Å². The lowest BCUT2D eigenvalue weighted by atomic mass is 10.1. The summed E-state index contributed by atoms with van der Waals surface area (Å²) >= 11 is 0. The molecule has 0 heterocycles. The molecule has 0 aliphatic heterocycles. The SMILES string of the molecule is CCCCCCCC(C)Nc1cccc(F)c1F. The van der Waals surface area contributed by atoms with Gasteiger partial charge >= 0.3 is 0 Å². The number of halogens is 2. The molecule has 1 unspecified atom stereocenters. The van der Waals surface area contributed by atoms with Crippen molar-refractivity contribution >= 4 is 5.69 Å². The normalized spacial score (nSPS) is 12.4. The molecule has 0 bridgehead atoms. The number of hydrogen-bond donors (Lipinski definition) is 1. The Morgan fingerprint density at radius 3 is 2.56 bits per heavy atom. The van der Waals surface area contributed by atoms with Gasteiger partial charge in [-0.05, 0) is 25.5 Å². The zero-order chi connectivity index (χ0) is 13.4. The zero-order valence-electron chi connectivity index (χ0n) is 11.3. The first-order valence-electron chi connectivity index (χ1n) is 6.85. The van der Waals surface area contributed by atoms with E-state index in [2.05, 4.69) is 12.2 Å². The quantitative estimate of drug-likeness (QED) is 0.635.